The summed E-state index contributed by atoms with van der Waals surface area (Å²) < 4.78 is 5.44. The average Bonchev–Trinajstić information content (AvgIpc) is 3.18. The number of ether oxygens (including phenoxy) is 1. The second-order valence-corrected chi connectivity index (χ2v) is 8.78. The molecule has 1 saturated carbocycles. The van der Waals surface area contributed by atoms with Gasteiger partial charge in [-0.15, -0.1) is 0 Å². The number of carbonyl (C=O) groups excluding carboxylic acids is 1. The molecule has 2 fully saturated rings. The van der Waals surface area contributed by atoms with Crippen molar-refractivity contribution in [1.29, 1.82) is 0 Å². The molecular weight excluding hydrogens is 366 g/mol. The quantitative estimate of drug-likeness (QED) is 0.659. The first-order chi connectivity index (χ1) is 14.1. The third-order valence-electron chi connectivity index (χ3n) is 6.71. The van der Waals surface area contributed by atoms with E-state index in [9.17, 15) is 4.79 Å². The number of hydrogen-bond donors (Lipinski definition) is 2. The zero-order valence-electron chi connectivity index (χ0n) is 18.2. The Bertz CT molecular complexity index is 620. The molecular formula is C22H39N5O2. The molecule has 3 N–H and O–H groups in total. The van der Waals surface area contributed by atoms with Gasteiger partial charge in [-0.25, -0.2) is 0 Å². The van der Waals surface area contributed by atoms with Crippen molar-refractivity contribution in [3.63, 3.8) is 0 Å². The maximum absolute atomic E-state index is 12.9. The zero-order chi connectivity index (χ0) is 20.6. The maximum atomic E-state index is 12.9. The number of H-pyrrole nitrogens is 1. The average molecular weight is 406 g/mol. The number of hydrogen-bond acceptors (Lipinski definition) is 5. The predicted octanol–water partition coefficient (Wildman–Crippen LogP) is 2.49. The molecule has 0 spiro atoms. The molecule has 164 valence electrons. The van der Waals surface area contributed by atoms with Crippen LogP contribution in [0.4, 0.5) is 0 Å². The molecule has 0 unspecified atom stereocenters. The minimum absolute atomic E-state index is 0.341. The van der Waals surface area contributed by atoms with Gasteiger partial charge in [0.2, 0.25) is 5.91 Å². The molecule has 2 heterocycles. The van der Waals surface area contributed by atoms with Gasteiger partial charge in [-0.05, 0) is 58.4 Å². The highest BCUT2D eigenvalue weighted by molar-refractivity contribution is 5.76. The number of nitrogens with zero attached hydrogens (tertiary/aromatic N) is 3. The van der Waals surface area contributed by atoms with E-state index < -0.39 is 0 Å². The van der Waals surface area contributed by atoms with Crippen LogP contribution in [0.15, 0.2) is 6.20 Å². The Kier molecular flexibility index (Phi) is 8.51. The Balaban J connectivity index is 1.52. The minimum Gasteiger partial charge on any atom is -0.381 e. The number of nitrogens with two attached hydrogens (primary N) is 1. The maximum Gasteiger partial charge on any atom is 0.223 e. The molecule has 2 aliphatic rings. The van der Waals surface area contributed by atoms with Crippen molar-refractivity contribution in [3.8, 4) is 0 Å². The van der Waals surface area contributed by atoms with E-state index in [2.05, 4.69) is 34.0 Å². The summed E-state index contributed by atoms with van der Waals surface area (Å²) in [5.74, 6) is 1.35. The molecule has 3 rings (SSSR count). The molecule has 7 heteroatoms. The Labute approximate surface area is 175 Å². The first-order valence-electron chi connectivity index (χ1n) is 11.4. The molecule has 1 aliphatic carbocycles. The van der Waals surface area contributed by atoms with Gasteiger partial charge in [0.1, 0.15) is 0 Å². The highest BCUT2D eigenvalue weighted by Crippen LogP contribution is 2.36. The number of nitrogens with one attached hydrogen (secondary N) is 1. The van der Waals surface area contributed by atoms with Crippen LogP contribution in [-0.4, -0.2) is 71.8 Å². The summed E-state index contributed by atoms with van der Waals surface area (Å²) in [6, 6.07) is 0.384. The van der Waals surface area contributed by atoms with Gasteiger partial charge in [-0.3, -0.25) is 9.89 Å². The lowest BCUT2D eigenvalue weighted by Crippen LogP contribution is -2.43. The molecule has 7 nitrogen and oxygen atoms in total. The van der Waals surface area contributed by atoms with Gasteiger partial charge < -0.3 is 20.3 Å². The molecule has 29 heavy (non-hydrogen) atoms. The molecule has 0 radical (unpaired) electrons. The van der Waals surface area contributed by atoms with Gasteiger partial charge in [0, 0.05) is 69.0 Å². The zero-order valence-corrected chi connectivity index (χ0v) is 18.2. The van der Waals surface area contributed by atoms with E-state index in [1.807, 2.05) is 6.20 Å². The number of aromatic amines is 1. The second-order valence-electron chi connectivity index (χ2n) is 8.78. The number of likely N-dealkylation sites (N-methyl/N-ethyl adjacent to an activating group) is 1. The van der Waals surface area contributed by atoms with Crippen molar-refractivity contribution >= 4 is 5.91 Å². The van der Waals surface area contributed by atoms with E-state index in [4.69, 9.17) is 10.5 Å². The van der Waals surface area contributed by atoms with Crippen molar-refractivity contribution < 1.29 is 9.53 Å². The lowest BCUT2D eigenvalue weighted by Gasteiger charge is -2.37. The topological polar surface area (TPSA) is 87.5 Å². The predicted molar refractivity (Wildman–Crippen MR) is 115 cm³/mol. The van der Waals surface area contributed by atoms with Crippen molar-refractivity contribution in [1.82, 2.24) is 20.0 Å². The van der Waals surface area contributed by atoms with Crippen molar-refractivity contribution in [2.24, 2.45) is 11.7 Å². The van der Waals surface area contributed by atoms with E-state index in [-0.39, 0.29) is 0 Å². The van der Waals surface area contributed by atoms with Crippen LogP contribution >= 0.6 is 0 Å². The van der Waals surface area contributed by atoms with E-state index in [1.54, 1.807) is 0 Å². The van der Waals surface area contributed by atoms with E-state index in [0.29, 0.717) is 36.8 Å². The molecule has 0 aromatic carbocycles. The van der Waals surface area contributed by atoms with Gasteiger partial charge in [0.25, 0.3) is 0 Å². The van der Waals surface area contributed by atoms with Crippen LogP contribution in [0.25, 0.3) is 0 Å². The van der Waals surface area contributed by atoms with Crippen molar-refractivity contribution in [2.75, 3.05) is 39.9 Å². The fourth-order valence-corrected chi connectivity index (χ4v) is 5.02. The fraction of sp³-hybridized carbons (Fsp3) is 0.818. The van der Waals surface area contributed by atoms with Crippen molar-refractivity contribution in [3.05, 3.63) is 17.5 Å². The van der Waals surface area contributed by atoms with Crippen LogP contribution in [0.5, 0.6) is 0 Å². The van der Waals surface area contributed by atoms with E-state index in [1.165, 1.54) is 11.3 Å². The Morgan fingerprint density at radius 2 is 1.97 bits per heavy atom. The van der Waals surface area contributed by atoms with Crippen molar-refractivity contribution in [2.45, 2.75) is 70.4 Å². The lowest BCUT2D eigenvalue weighted by molar-refractivity contribution is -0.135. The summed E-state index contributed by atoms with van der Waals surface area (Å²) in [6.07, 6.45) is 9.08. The van der Waals surface area contributed by atoms with Gasteiger partial charge in [0.05, 0.1) is 6.20 Å². The smallest absolute Gasteiger partial charge is 0.223 e. The first-order valence-corrected chi connectivity index (χ1v) is 11.4. The van der Waals surface area contributed by atoms with Gasteiger partial charge in [-0.2, -0.15) is 5.10 Å². The van der Waals surface area contributed by atoms with Crippen LogP contribution in [-0.2, 0) is 16.1 Å². The van der Waals surface area contributed by atoms with Gasteiger partial charge in [-0.1, -0.05) is 0 Å². The van der Waals surface area contributed by atoms with Gasteiger partial charge >= 0.3 is 0 Å². The van der Waals surface area contributed by atoms with Crippen LogP contribution in [0.2, 0.25) is 0 Å². The number of carbonyl (C=O) groups is 1. The number of aromatic nitrogens is 2. The third kappa shape index (κ3) is 6.03. The summed E-state index contributed by atoms with van der Waals surface area (Å²) in [4.78, 5) is 17.3. The highest BCUT2D eigenvalue weighted by atomic mass is 16.5. The molecule has 0 bridgehead atoms. The summed E-state index contributed by atoms with van der Waals surface area (Å²) in [5, 5.41) is 7.57. The standard InChI is InChI=1S/C22H39N5O2/c1-3-27(21(28)14-17-8-12-29-13-9-17)20-6-4-18(5-7-20)22-19(15-24-25-22)16-26(2)11-10-23/h15,17-18,20H,3-14,16,23H2,1-2H3,(H,24,25). The lowest BCUT2D eigenvalue weighted by atomic mass is 9.82. The van der Waals surface area contributed by atoms with Crippen LogP contribution in [0.1, 0.15) is 69.0 Å². The highest BCUT2D eigenvalue weighted by Gasteiger charge is 2.31. The monoisotopic (exact) mass is 405 g/mol. The molecule has 1 aromatic heterocycles. The molecule has 1 amide bonds. The van der Waals surface area contributed by atoms with Crippen LogP contribution < -0.4 is 5.73 Å². The van der Waals surface area contributed by atoms with Crippen LogP contribution in [0, 0.1) is 5.92 Å². The first kappa shape index (κ1) is 22.2. The summed E-state index contributed by atoms with van der Waals surface area (Å²) in [7, 11) is 2.10. The fourth-order valence-electron chi connectivity index (χ4n) is 5.02. The molecule has 1 aliphatic heterocycles. The van der Waals surface area contributed by atoms with E-state index >= 15 is 0 Å². The molecule has 1 aromatic rings. The third-order valence-corrected chi connectivity index (χ3v) is 6.71. The largest absolute Gasteiger partial charge is 0.381 e. The summed E-state index contributed by atoms with van der Waals surface area (Å²) in [6.45, 7) is 6.99. The Morgan fingerprint density at radius 1 is 1.24 bits per heavy atom. The Morgan fingerprint density at radius 3 is 2.62 bits per heavy atom. The molecule has 0 atom stereocenters. The van der Waals surface area contributed by atoms with Crippen LogP contribution in [0.3, 0.4) is 0 Å². The Hall–Kier alpha value is -1.44. The second kappa shape index (κ2) is 11.1. The summed E-state index contributed by atoms with van der Waals surface area (Å²) in [5.41, 5.74) is 8.24. The van der Waals surface area contributed by atoms with Gasteiger partial charge in [0.15, 0.2) is 0 Å². The van der Waals surface area contributed by atoms with E-state index in [0.717, 1.165) is 71.4 Å². The normalized spacial score (nSPS) is 23.4. The molecule has 1 saturated heterocycles. The summed E-state index contributed by atoms with van der Waals surface area (Å²) >= 11 is 0. The minimum atomic E-state index is 0.341. The number of amides is 1. The SMILES string of the molecule is CCN(C(=O)CC1CCOCC1)C1CCC(c2[nH]ncc2CN(C)CCN)CC1. The number of rotatable bonds is 9.